The Kier molecular flexibility index (Phi) is 5.26. The Balaban J connectivity index is 2.18. The van der Waals surface area contributed by atoms with Crippen molar-refractivity contribution in [2.75, 3.05) is 6.54 Å². The molecule has 0 saturated carbocycles. The minimum Gasteiger partial charge on any atom is -0.309 e. The molecular weight excluding hydrogens is 271 g/mol. The monoisotopic (exact) mass is 292 g/mol. The van der Waals surface area contributed by atoms with Crippen molar-refractivity contribution in [3.8, 4) is 0 Å². The predicted octanol–water partition coefficient (Wildman–Crippen LogP) is 4.18. The summed E-state index contributed by atoms with van der Waals surface area (Å²) in [6.45, 7) is 7.12. The van der Waals surface area contributed by atoms with Gasteiger partial charge in [-0.15, -0.1) is 11.3 Å². The van der Waals surface area contributed by atoms with Crippen molar-refractivity contribution in [1.82, 2.24) is 10.3 Å². The van der Waals surface area contributed by atoms with Gasteiger partial charge in [-0.2, -0.15) is 0 Å². The highest BCUT2D eigenvalue weighted by Gasteiger charge is 2.15. The van der Waals surface area contributed by atoms with Gasteiger partial charge in [0.25, 0.3) is 0 Å². The third-order valence-corrected chi connectivity index (χ3v) is 4.38. The van der Waals surface area contributed by atoms with Crippen LogP contribution in [0.1, 0.15) is 40.4 Å². The van der Waals surface area contributed by atoms with E-state index >= 15 is 0 Å². The van der Waals surface area contributed by atoms with Crippen molar-refractivity contribution in [2.45, 2.75) is 39.7 Å². The first-order valence-electron chi connectivity index (χ1n) is 7.01. The maximum absolute atomic E-state index is 13.2. The Labute approximate surface area is 124 Å². The van der Waals surface area contributed by atoms with Crippen molar-refractivity contribution in [3.63, 3.8) is 0 Å². The van der Waals surface area contributed by atoms with E-state index in [1.807, 2.05) is 26.1 Å². The van der Waals surface area contributed by atoms with Gasteiger partial charge in [0.2, 0.25) is 0 Å². The zero-order valence-electron chi connectivity index (χ0n) is 12.2. The Morgan fingerprint density at radius 1 is 1.35 bits per heavy atom. The molecule has 2 rings (SSSR count). The van der Waals surface area contributed by atoms with Gasteiger partial charge in [0.15, 0.2) is 0 Å². The summed E-state index contributed by atoms with van der Waals surface area (Å²) in [6.07, 6.45) is 3.91. The van der Waals surface area contributed by atoms with Crippen LogP contribution in [-0.4, -0.2) is 11.5 Å². The highest BCUT2D eigenvalue weighted by Crippen LogP contribution is 2.25. The smallest absolute Gasteiger partial charge is 0.123 e. The average molecular weight is 292 g/mol. The first-order chi connectivity index (χ1) is 9.60. The average Bonchev–Trinajstić information content (AvgIpc) is 2.83. The molecule has 2 nitrogen and oxygen atoms in total. The molecule has 1 aromatic carbocycles. The van der Waals surface area contributed by atoms with Gasteiger partial charge in [-0.1, -0.05) is 13.0 Å². The van der Waals surface area contributed by atoms with Crippen LogP contribution in [0.5, 0.6) is 0 Å². The quantitative estimate of drug-likeness (QED) is 0.864. The molecule has 1 heterocycles. The van der Waals surface area contributed by atoms with Crippen LogP contribution in [0.2, 0.25) is 0 Å². The molecule has 0 bridgehead atoms. The van der Waals surface area contributed by atoms with Crippen LogP contribution < -0.4 is 5.32 Å². The topological polar surface area (TPSA) is 24.9 Å². The lowest BCUT2D eigenvalue weighted by molar-refractivity contribution is 0.534. The summed E-state index contributed by atoms with van der Waals surface area (Å²) < 4.78 is 13.2. The van der Waals surface area contributed by atoms with Crippen LogP contribution in [-0.2, 0) is 6.42 Å². The molecule has 1 aromatic heterocycles. The van der Waals surface area contributed by atoms with E-state index in [1.165, 1.54) is 16.5 Å². The van der Waals surface area contributed by atoms with E-state index in [2.05, 4.69) is 17.2 Å². The normalized spacial score (nSPS) is 12.6. The van der Waals surface area contributed by atoms with Gasteiger partial charge < -0.3 is 5.32 Å². The predicted molar refractivity (Wildman–Crippen MR) is 82.7 cm³/mol. The molecule has 1 N–H and O–H groups in total. The summed E-state index contributed by atoms with van der Waals surface area (Å²) in [4.78, 5) is 5.59. The van der Waals surface area contributed by atoms with Gasteiger partial charge in [0.05, 0.1) is 5.01 Å². The number of hydrogen-bond acceptors (Lipinski definition) is 3. The van der Waals surface area contributed by atoms with E-state index in [4.69, 9.17) is 0 Å². The van der Waals surface area contributed by atoms with Crippen LogP contribution in [0.15, 0.2) is 24.4 Å². The van der Waals surface area contributed by atoms with E-state index in [0.29, 0.717) is 0 Å². The molecule has 1 unspecified atom stereocenters. The minimum atomic E-state index is -0.169. The molecule has 0 aliphatic rings. The Morgan fingerprint density at radius 2 is 2.15 bits per heavy atom. The second kappa shape index (κ2) is 6.95. The molecule has 0 saturated heterocycles. The van der Waals surface area contributed by atoms with E-state index in [0.717, 1.165) is 30.0 Å². The molecule has 108 valence electrons. The van der Waals surface area contributed by atoms with Crippen LogP contribution in [0, 0.1) is 19.7 Å². The third kappa shape index (κ3) is 3.87. The molecule has 20 heavy (non-hydrogen) atoms. The van der Waals surface area contributed by atoms with Crippen molar-refractivity contribution in [3.05, 3.63) is 51.2 Å². The van der Waals surface area contributed by atoms with E-state index in [9.17, 15) is 4.39 Å². The number of thiazole rings is 1. The Bertz CT molecular complexity index is 565. The second-order valence-corrected chi connectivity index (χ2v) is 6.33. The molecule has 2 aromatic rings. The van der Waals surface area contributed by atoms with Gasteiger partial charge in [0.1, 0.15) is 5.82 Å². The van der Waals surface area contributed by atoms with Crippen molar-refractivity contribution >= 4 is 11.3 Å². The van der Waals surface area contributed by atoms with Crippen LogP contribution >= 0.6 is 11.3 Å². The summed E-state index contributed by atoms with van der Waals surface area (Å²) in [5.74, 6) is -0.169. The maximum atomic E-state index is 13.2. The summed E-state index contributed by atoms with van der Waals surface area (Å²) >= 11 is 1.73. The van der Waals surface area contributed by atoms with E-state index in [-0.39, 0.29) is 11.9 Å². The summed E-state index contributed by atoms with van der Waals surface area (Å²) in [5.41, 5.74) is 2.19. The van der Waals surface area contributed by atoms with Crippen molar-refractivity contribution < 1.29 is 4.39 Å². The Morgan fingerprint density at radius 3 is 2.75 bits per heavy atom. The standard InChI is InChI=1S/C16H21FN2S/c1-4-7-18-15(16-10-19-12(3)20-16)9-13-5-6-14(17)8-11(13)2/h5-6,8,10,15,18H,4,7,9H2,1-3H3. The van der Waals surface area contributed by atoms with Crippen LogP contribution in [0.4, 0.5) is 4.39 Å². The third-order valence-electron chi connectivity index (χ3n) is 3.35. The van der Waals surface area contributed by atoms with Crippen LogP contribution in [0.25, 0.3) is 0 Å². The van der Waals surface area contributed by atoms with Gasteiger partial charge in [-0.3, -0.25) is 0 Å². The molecule has 1 atom stereocenters. The van der Waals surface area contributed by atoms with E-state index < -0.39 is 0 Å². The number of nitrogens with zero attached hydrogens (tertiary/aromatic N) is 1. The number of nitrogens with one attached hydrogen (secondary N) is 1. The first-order valence-corrected chi connectivity index (χ1v) is 7.82. The Hall–Kier alpha value is -1.26. The molecule has 0 spiro atoms. The summed E-state index contributed by atoms with van der Waals surface area (Å²) in [5, 5.41) is 4.65. The molecule has 0 aliphatic carbocycles. The van der Waals surface area contributed by atoms with Gasteiger partial charge >= 0.3 is 0 Å². The highest BCUT2D eigenvalue weighted by atomic mass is 32.1. The molecule has 0 aliphatic heterocycles. The molecule has 0 amide bonds. The maximum Gasteiger partial charge on any atom is 0.123 e. The van der Waals surface area contributed by atoms with Crippen molar-refractivity contribution in [2.24, 2.45) is 0 Å². The number of rotatable bonds is 6. The first kappa shape index (κ1) is 15.1. The SMILES string of the molecule is CCCNC(Cc1ccc(F)cc1C)c1cnc(C)s1. The van der Waals surface area contributed by atoms with Gasteiger partial charge in [-0.05, 0) is 56.5 Å². The number of hydrogen-bond donors (Lipinski definition) is 1. The number of benzene rings is 1. The number of aryl methyl sites for hydroxylation is 2. The van der Waals surface area contributed by atoms with E-state index in [1.54, 1.807) is 17.4 Å². The van der Waals surface area contributed by atoms with Crippen LogP contribution in [0.3, 0.4) is 0 Å². The molecule has 4 heteroatoms. The zero-order valence-corrected chi connectivity index (χ0v) is 13.1. The number of aromatic nitrogens is 1. The minimum absolute atomic E-state index is 0.169. The zero-order chi connectivity index (χ0) is 14.5. The number of halogens is 1. The van der Waals surface area contributed by atoms with Crippen molar-refractivity contribution in [1.29, 1.82) is 0 Å². The molecule has 0 fully saturated rings. The lowest BCUT2D eigenvalue weighted by Crippen LogP contribution is -2.23. The van der Waals surface area contributed by atoms with Gasteiger partial charge in [-0.25, -0.2) is 9.37 Å². The van der Waals surface area contributed by atoms with Gasteiger partial charge in [0, 0.05) is 17.1 Å². The fourth-order valence-electron chi connectivity index (χ4n) is 2.24. The lowest BCUT2D eigenvalue weighted by Gasteiger charge is -2.18. The fourth-order valence-corrected chi connectivity index (χ4v) is 3.10. The molecular formula is C16H21FN2S. The lowest BCUT2D eigenvalue weighted by atomic mass is 10.00. The summed E-state index contributed by atoms with van der Waals surface area (Å²) in [7, 11) is 0. The molecule has 0 radical (unpaired) electrons. The second-order valence-electron chi connectivity index (χ2n) is 5.06. The summed E-state index contributed by atoms with van der Waals surface area (Å²) in [6, 6.07) is 5.28. The fraction of sp³-hybridized carbons (Fsp3) is 0.438. The largest absolute Gasteiger partial charge is 0.309 e. The highest BCUT2D eigenvalue weighted by molar-refractivity contribution is 7.11.